The average molecular weight is 498 g/mol. The average Bonchev–Trinajstić information content (AvgIpc) is 3.28. The highest BCUT2D eigenvalue weighted by Gasteiger charge is 2.32. The van der Waals surface area contributed by atoms with Crippen LogP contribution in [0.2, 0.25) is 0 Å². The third-order valence-electron chi connectivity index (χ3n) is 5.42. The maximum atomic E-state index is 13.2. The first kappa shape index (κ1) is 26.3. The molecule has 186 valence electrons. The number of aryl methyl sites for hydroxylation is 2. The molecule has 3 rings (SSSR count). The molecule has 0 radical (unpaired) electrons. The number of rotatable bonds is 11. The number of thiazole rings is 1. The number of methoxy groups -OCH3 is 1. The molecule has 0 fully saturated rings. The van der Waals surface area contributed by atoms with Crippen molar-refractivity contribution < 1.29 is 24.2 Å². The Hall–Kier alpha value is -3.30. The van der Waals surface area contributed by atoms with Gasteiger partial charge in [0.2, 0.25) is 0 Å². The zero-order chi connectivity index (χ0) is 25.5. The van der Waals surface area contributed by atoms with Gasteiger partial charge in [0.15, 0.2) is 6.10 Å². The molecule has 0 aliphatic rings. The Morgan fingerprint density at radius 2 is 1.86 bits per heavy atom. The third-order valence-corrected chi connectivity index (χ3v) is 6.64. The smallest absolute Gasteiger partial charge is 0.333 e. The topological polar surface area (TPSA) is 111 Å². The second kappa shape index (κ2) is 11.9. The first-order valence-electron chi connectivity index (χ1n) is 11.5. The lowest BCUT2D eigenvalue weighted by atomic mass is 9.92. The van der Waals surface area contributed by atoms with Crippen molar-refractivity contribution >= 4 is 23.2 Å². The van der Waals surface area contributed by atoms with Crippen LogP contribution in [0.15, 0.2) is 42.6 Å². The molecular weight excluding hydrogens is 466 g/mol. The zero-order valence-corrected chi connectivity index (χ0v) is 21.4. The molecule has 0 saturated heterocycles. The number of amides is 1. The Labute approximate surface area is 209 Å². The van der Waals surface area contributed by atoms with Gasteiger partial charge in [-0.15, -0.1) is 11.3 Å². The summed E-state index contributed by atoms with van der Waals surface area (Å²) in [5.41, 5.74) is 2.81. The van der Waals surface area contributed by atoms with Crippen LogP contribution >= 0.6 is 11.3 Å². The van der Waals surface area contributed by atoms with E-state index >= 15 is 0 Å². The molecule has 2 N–H and O–H groups in total. The Bertz CT molecular complexity index is 1140. The van der Waals surface area contributed by atoms with Gasteiger partial charge in [-0.3, -0.25) is 9.78 Å². The van der Waals surface area contributed by atoms with Gasteiger partial charge < -0.3 is 19.9 Å². The maximum Gasteiger partial charge on any atom is 0.333 e. The maximum absolute atomic E-state index is 13.2. The number of aromatic nitrogens is 2. The van der Waals surface area contributed by atoms with E-state index in [1.807, 2.05) is 26.0 Å². The molecule has 0 saturated carbocycles. The van der Waals surface area contributed by atoms with Gasteiger partial charge in [0.25, 0.3) is 5.91 Å². The monoisotopic (exact) mass is 497 g/mol. The molecule has 0 aliphatic heterocycles. The number of nitrogens with zero attached hydrogens (tertiary/aromatic N) is 2. The lowest BCUT2D eigenvalue weighted by Gasteiger charge is -2.26. The molecule has 0 bridgehead atoms. The first-order valence-corrected chi connectivity index (χ1v) is 12.3. The van der Waals surface area contributed by atoms with E-state index in [1.54, 1.807) is 51.4 Å². The van der Waals surface area contributed by atoms with Crippen LogP contribution in [-0.4, -0.2) is 52.8 Å². The second-order valence-corrected chi connectivity index (χ2v) is 9.48. The van der Waals surface area contributed by atoms with Crippen LogP contribution in [-0.2, 0) is 16.0 Å². The van der Waals surface area contributed by atoms with E-state index in [0.29, 0.717) is 28.6 Å². The van der Waals surface area contributed by atoms with Gasteiger partial charge in [-0.1, -0.05) is 25.1 Å². The van der Waals surface area contributed by atoms with E-state index < -0.39 is 18.0 Å². The molecule has 0 spiro atoms. The highest BCUT2D eigenvalue weighted by Crippen LogP contribution is 2.29. The molecule has 8 nitrogen and oxygen atoms in total. The summed E-state index contributed by atoms with van der Waals surface area (Å²) in [6.45, 7) is 7.55. The summed E-state index contributed by atoms with van der Waals surface area (Å²) >= 11 is 1.43. The summed E-state index contributed by atoms with van der Waals surface area (Å²) in [6.07, 6.45) is 0.962. The number of hydrogen-bond acceptors (Lipinski definition) is 7. The molecule has 2 atom stereocenters. The molecule has 9 heteroatoms. The molecule has 0 aliphatic carbocycles. The van der Waals surface area contributed by atoms with Crippen molar-refractivity contribution in [2.45, 2.75) is 52.2 Å². The van der Waals surface area contributed by atoms with Gasteiger partial charge in [-0.2, -0.15) is 0 Å². The summed E-state index contributed by atoms with van der Waals surface area (Å²) < 4.78 is 11.0. The number of nitrogens with one attached hydrogen (secondary N) is 1. The standard InChI is InChI=1S/C26H31N3O5S/c1-6-21-22(29-25(35-21)20-12-7-16(4)13-27-20)24(30)28-14-19(23(26(31)32)34-15(2)3)17-8-10-18(33-5)11-9-17/h7-13,15,19,23H,6,14H2,1-5H3,(H,28,30)(H,31,32). The molecule has 1 amide bonds. The van der Waals surface area contributed by atoms with E-state index in [2.05, 4.69) is 15.3 Å². The molecule has 2 unspecified atom stereocenters. The van der Waals surface area contributed by atoms with Crippen molar-refractivity contribution in [2.24, 2.45) is 0 Å². The number of hydrogen-bond donors (Lipinski definition) is 2. The van der Waals surface area contributed by atoms with Gasteiger partial charge in [0.1, 0.15) is 16.5 Å². The van der Waals surface area contributed by atoms with Crippen LogP contribution in [0.4, 0.5) is 0 Å². The van der Waals surface area contributed by atoms with Crippen LogP contribution < -0.4 is 10.1 Å². The number of pyridine rings is 1. The molecule has 2 heterocycles. The van der Waals surface area contributed by atoms with E-state index in [-0.39, 0.29) is 18.6 Å². The van der Waals surface area contributed by atoms with Gasteiger partial charge in [0.05, 0.1) is 18.9 Å². The number of carboxylic acids is 1. The highest BCUT2D eigenvalue weighted by molar-refractivity contribution is 7.15. The summed E-state index contributed by atoms with van der Waals surface area (Å²) in [4.78, 5) is 35.1. The highest BCUT2D eigenvalue weighted by atomic mass is 32.1. The molecule has 35 heavy (non-hydrogen) atoms. The van der Waals surface area contributed by atoms with Crippen molar-refractivity contribution in [3.63, 3.8) is 0 Å². The minimum absolute atomic E-state index is 0.0631. The van der Waals surface area contributed by atoms with Crippen LogP contribution in [0.5, 0.6) is 5.75 Å². The molecule has 3 aromatic rings. The fraction of sp³-hybridized carbons (Fsp3) is 0.385. The largest absolute Gasteiger partial charge is 0.497 e. The number of carboxylic acid groups (broad SMARTS) is 1. The van der Waals surface area contributed by atoms with Crippen LogP contribution in [0.3, 0.4) is 0 Å². The molecular formula is C26H31N3O5S. The summed E-state index contributed by atoms with van der Waals surface area (Å²) in [5, 5.41) is 13.5. The molecule has 2 aromatic heterocycles. The summed E-state index contributed by atoms with van der Waals surface area (Å²) in [7, 11) is 1.56. The number of ether oxygens (including phenoxy) is 2. The van der Waals surface area contributed by atoms with Gasteiger partial charge in [0, 0.05) is 23.5 Å². The van der Waals surface area contributed by atoms with E-state index in [4.69, 9.17) is 9.47 Å². The fourth-order valence-electron chi connectivity index (χ4n) is 3.63. The SMILES string of the molecule is CCc1sc(-c2ccc(C)cn2)nc1C(=O)NCC(c1ccc(OC)cc1)C(OC(C)C)C(=O)O. The summed E-state index contributed by atoms with van der Waals surface area (Å²) in [6, 6.07) is 10.9. The predicted octanol–water partition coefficient (Wildman–Crippen LogP) is 4.48. The number of benzene rings is 1. The first-order chi connectivity index (χ1) is 16.7. The molecule has 1 aromatic carbocycles. The predicted molar refractivity (Wildman–Crippen MR) is 135 cm³/mol. The summed E-state index contributed by atoms with van der Waals surface area (Å²) in [5.74, 6) is -1.42. The zero-order valence-electron chi connectivity index (χ0n) is 20.6. The minimum Gasteiger partial charge on any atom is -0.497 e. The third kappa shape index (κ3) is 6.64. The van der Waals surface area contributed by atoms with E-state index in [9.17, 15) is 14.7 Å². The van der Waals surface area contributed by atoms with Crippen molar-refractivity contribution in [2.75, 3.05) is 13.7 Å². The number of carbonyl (C=O) groups is 2. The van der Waals surface area contributed by atoms with E-state index in [0.717, 1.165) is 16.0 Å². The Balaban J connectivity index is 1.86. The van der Waals surface area contributed by atoms with Gasteiger partial charge in [-0.05, 0) is 56.5 Å². The number of carbonyl (C=O) groups excluding carboxylic acids is 1. The quantitative estimate of drug-likeness (QED) is 0.402. The van der Waals surface area contributed by atoms with Crippen LogP contribution in [0.1, 0.15) is 53.2 Å². The van der Waals surface area contributed by atoms with Crippen LogP contribution in [0.25, 0.3) is 10.7 Å². The second-order valence-electron chi connectivity index (χ2n) is 8.40. The van der Waals surface area contributed by atoms with Crippen molar-refractivity contribution in [3.05, 3.63) is 64.3 Å². The van der Waals surface area contributed by atoms with Crippen LogP contribution in [0, 0.1) is 6.92 Å². The van der Waals surface area contributed by atoms with Crippen molar-refractivity contribution in [1.82, 2.24) is 15.3 Å². The van der Waals surface area contributed by atoms with E-state index in [1.165, 1.54) is 11.3 Å². The number of aliphatic carboxylic acids is 1. The van der Waals surface area contributed by atoms with Crippen molar-refractivity contribution in [3.8, 4) is 16.5 Å². The Kier molecular flexibility index (Phi) is 8.95. The lowest BCUT2D eigenvalue weighted by molar-refractivity contribution is -0.155. The Morgan fingerprint density at radius 3 is 2.40 bits per heavy atom. The lowest BCUT2D eigenvalue weighted by Crippen LogP contribution is -2.40. The van der Waals surface area contributed by atoms with Gasteiger partial charge >= 0.3 is 5.97 Å². The van der Waals surface area contributed by atoms with Gasteiger partial charge in [-0.25, -0.2) is 9.78 Å². The normalized spacial score (nSPS) is 12.9. The minimum atomic E-state index is -1.14. The Morgan fingerprint density at radius 1 is 1.14 bits per heavy atom. The fourth-order valence-corrected chi connectivity index (χ4v) is 4.60. The van der Waals surface area contributed by atoms with Crippen molar-refractivity contribution in [1.29, 1.82) is 0 Å².